The molecule has 0 radical (unpaired) electrons. The Bertz CT molecular complexity index is 1010. The first kappa shape index (κ1) is 18.1. The van der Waals surface area contributed by atoms with Crippen molar-refractivity contribution < 1.29 is 23.9 Å². The maximum Gasteiger partial charge on any atom is 0.270 e. The fraction of sp³-hybridized carbons (Fsp3) is 0.238. The fourth-order valence-corrected chi connectivity index (χ4v) is 3.75. The molecule has 0 unspecified atom stereocenters. The van der Waals surface area contributed by atoms with Crippen molar-refractivity contribution in [3.63, 3.8) is 0 Å². The van der Waals surface area contributed by atoms with Gasteiger partial charge in [0.15, 0.2) is 17.6 Å². The van der Waals surface area contributed by atoms with Crippen molar-refractivity contribution in [2.45, 2.75) is 20.0 Å². The molecule has 0 aromatic heterocycles. The van der Waals surface area contributed by atoms with E-state index in [4.69, 9.17) is 14.3 Å². The Labute approximate surface area is 162 Å². The average molecular weight is 380 g/mol. The Morgan fingerprint density at radius 1 is 1.00 bits per heavy atom. The van der Waals surface area contributed by atoms with Crippen LogP contribution in [0.1, 0.15) is 16.7 Å². The van der Waals surface area contributed by atoms with Gasteiger partial charge in [0.2, 0.25) is 0 Å². The highest BCUT2D eigenvalue weighted by molar-refractivity contribution is 6.33. The quantitative estimate of drug-likeness (QED) is 0.822. The molecule has 1 saturated heterocycles. The summed E-state index contributed by atoms with van der Waals surface area (Å²) in [6, 6.07) is 11.0. The maximum absolute atomic E-state index is 13.3. The topological polar surface area (TPSA) is 77.1 Å². The van der Waals surface area contributed by atoms with Crippen LogP contribution in [0.25, 0.3) is 5.70 Å². The number of hydrogen-bond acceptors (Lipinski definition) is 6. The molecule has 2 aromatic rings. The first-order valence-corrected chi connectivity index (χ1v) is 8.81. The molecule has 1 fully saturated rings. The summed E-state index contributed by atoms with van der Waals surface area (Å²) in [5, 5.41) is 0. The van der Waals surface area contributed by atoms with Crippen molar-refractivity contribution in [3.8, 4) is 11.5 Å². The Hall–Kier alpha value is -3.32. The van der Waals surface area contributed by atoms with Crippen LogP contribution >= 0.6 is 0 Å². The Morgan fingerprint density at radius 3 is 2.32 bits per heavy atom. The summed E-state index contributed by atoms with van der Waals surface area (Å²) in [5.74, 6) is 0.149. The van der Waals surface area contributed by atoms with E-state index in [0.717, 1.165) is 11.1 Å². The van der Waals surface area contributed by atoms with Gasteiger partial charge in [-0.05, 0) is 37.1 Å². The van der Waals surface area contributed by atoms with E-state index in [1.807, 2.05) is 32.0 Å². The smallest absolute Gasteiger partial charge is 0.270 e. The number of carbonyl (C=O) groups is 2. The molecular weight excluding hydrogens is 360 g/mol. The molecule has 0 spiro atoms. The zero-order chi connectivity index (χ0) is 20.0. The molecule has 0 saturated carbocycles. The third-order valence-corrected chi connectivity index (χ3v) is 5.02. The third-order valence-electron chi connectivity index (χ3n) is 5.02. The molecule has 2 amide bonds. The van der Waals surface area contributed by atoms with Gasteiger partial charge in [-0.25, -0.2) is 4.90 Å². The largest absolute Gasteiger partial charge is 0.493 e. The normalized spacial score (nSPS) is 18.4. The molecule has 144 valence electrons. The second kappa shape index (κ2) is 6.69. The summed E-state index contributed by atoms with van der Waals surface area (Å²) in [6.45, 7) is 3.74. The molecule has 1 atom stereocenters. The average Bonchev–Trinajstić information content (AvgIpc) is 3.22. The highest BCUT2D eigenvalue weighted by Gasteiger charge is 2.51. The molecule has 2 aliphatic heterocycles. The maximum atomic E-state index is 13.3. The van der Waals surface area contributed by atoms with Gasteiger partial charge in [0.1, 0.15) is 0 Å². The van der Waals surface area contributed by atoms with E-state index in [1.54, 1.807) is 18.2 Å². The van der Waals surface area contributed by atoms with Gasteiger partial charge in [-0.3, -0.25) is 19.9 Å². The number of para-hydroxylation sites is 2. The number of imide groups is 1. The zero-order valence-electron chi connectivity index (χ0n) is 16.0. The first-order valence-electron chi connectivity index (χ1n) is 8.81. The highest BCUT2D eigenvalue weighted by Crippen LogP contribution is 2.42. The van der Waals surface area contributed by atoms with Crippen LogP contribution < -0.4 is 19.9 Å². The van der Waals surface area contributed by atoms with Crippen LogP contribution in [0.4, 0.5) is 5.69 Å². The number of fused-ring (bicyclic) bond motifs is 1. The lowest BCUT2D eigenvalue weighted by Gasteiger charge is -2.20. The summed E-state index contributed by atoms with van der Waals surface area (Å²) in [4.78, 5) is 33.0. The number of amides is 2. The van der Waals surface area contributed by atoms with Gasteiger partial charge >= 0.3 is 0 Å². The number of hydroxylamine groups is 1. The lowest BCUT2D eigenvalue weighted by atomic mass is 10.0. The minimum absolute atomic E-state index is 0.263. The van der Waals surface area contributed by atoms with Crippen LogP contribution in [0.5, 0.6) is 11.5 Å². The summed E-state index contributed by atoms with van der Waals surface area (Å²) in [7, 11) is 3.05. The summed E-state index contributed by atoms with van der Waals surface area (Å²) >= 11 is 0. The van der Waals surface area contributed by atoms with Crippen molar-refractivity contribution in [3.05, 3.63) is 58.7 Å². The molecule has 2 aromatic carbocycles. The SMILES string of the molecule is COc1cccc(C2=C3C(=O)N(c4c(C)cccc4C)C(=O)[C@H]3ON2)c1OC. The molecule has 0 aliphatic carbocycles. The van der Waals surface area contributed by atoms with E-state index in [9.17, 15) is 9.59 Å². The number of hydrogen-bond donors (Lipinski definition) is 1. The molecule has 7 heteroatoms. The van der Waals surface area contributed by atoms with Gasteiger partial charge in [0.05, 0.1) is 31.2 Å². The standard InChI is InChI=1S/C21H20N2O5/c1-11-7-5-8-12(2)17(11)23-20(24)15-16(22-28-19(15)21(23)25)13-9-6-10-14(26-3)18(13)27-4/h5-10,19,22H,1-4H3/t19-/m0/s1. The summed E-state index contributed by atoms with van der Waals surface area (Å²) in [5.41, 5.74) is 6.28. The Kier molecular flexibility index (Phi) is 4.31. The number of ether oxygens (including phenoxy) is 2. The Balaban J connectivity index is 1.88. The number of nitrogens with zero attached hydrogens (tertiary/aromatic N) is 1. The molecule has 2 heterocycles. The van der Waals surface area contributed by atoms with Crippen LogP contribution in [0.15, 0.2) is 42.0 Å². The third kappa shape index (κ3) is 2.47. The van der Waals surface area contributed by atoms with E-state index < -0.39 is 17.9 Å². The molecule has 1 N–H and O–H groups in total. The highest BCUT2D eigenvalue weighted by atomic mass is 16.7. The van der Waals surface area contributed by atoms with Gasteiger partial charge in [-0.2, -0.15) is 0 Å². The van der Waals surface area contributed by atoms with Gasteiger partial charge in [0, 0.05) is 5.56 Å². The van der Waals surface area contributed by atoms with Gasteiger partial charge in [-0.15, -0.1) is 0 Å². The van der Waals surface area contributed by atoms with E-state index in [1.165, 1.54) is 19.1 Å². The van der Waals surface area contributed by atoms with Crippen LogP contribution in [0.2, 0.25) is 0 Å². The predicted octanol–water partition coefficient (Wildman–Crippen LogP) is 2.51. The van der Waals surface area contributed by atoms with Crippen LogP contribution in [0.3, 0.4) is 0 Å². The van der Waals surface area contributed by atoms with E-state index >= 15 is 0 Å². The minimum atomic E-state index is -1.00. The predicted molar refractivity (Wildman–Crippen MR) is 103 cm³/mol. The zero-order valence-corrected chi connectivity index (χ0v) is 16.0. The first-order chi connectivity index (χ1) is 13.5. The van der Waals surface area contributed by atoms with Gasteiger partial charge < -0.3 is 9.47 Å². The van der Waals surface area contributed by atoms with Crippen molar-refractivity contribution >= 4 is 23.2 Å². The molecule has 0 bridgehead atoms. The monoisotopic (exact) mass is 380 g/mol. The van der Waals surface area contributed by atoms with Crippen molar-refractivity contribution in [2.75, 3.05) is 19.1 Å². The number of nitrogens with one attached hydrogen (secondary N) is 1. The van der Waals surface area contributed by atoms with Gasteiger partial charge in [-0.1, -0.05) is 24.3 Å². The lowest BCUT2D eigenvalue weighted by molar-refractivity contribution is -0.127. The minimum Gasteiger partial charge on any atom is -0.493 e. The fourth-order valence-electron chi connectivity index (χ4n) is 3.75. The van der Waals surface area contributed by atoms with Gasteiger partial charge in [0.25, 0.3) is 11.8 Å². The number of carbonyl (C=O) groups excluding carboxylic acids is 2. The molecular formula is C21H20N2O5. The number of methoxy groups -OCH3 is 2. The second-order valence-electron chi connectivity index (χ2n) is 6.65. The molecule has 28 heavy (non-hydrogen) atoms. The molecule has 4 rings (SSSR count). The van der Waals surface area contributed by atoms with Crippen molar-refractivity contribution in [1.82, 2.24) is 5.48 Å². The number of anilines is 1. The number of benzene rings is 2. The van der Waals surface area contributed by atoms with E-state index in [-0.39, 0.29) is 5.57 Å². The molecule has 7 nitrogen and oxygen atoms in total. The van der Waals surface area contributed by atoms with E-state index in [0.29, 0.717) is 28.4 Å². The number of rotatable bonds is 4. The lowest BCUT2D eigenvalue weighted by Crippen LogP contribution is -2.35. The summed E-state index contributed by atoms with van der Waals surface area (Å²) in [6.07, 6.45) is -1.00. The number of aryl methyl sites for hydroxylation is 2. The van der Waals surface area contributed by atoms with Crippen molar-refractivity contribution in [2.24, 2.45) is 0 Å². The Morgan fingerprint density at radius 2 is 1.68 bits per heavy atom. The summed E-state index contributed by atoms with van der Waals surface area (Å²) < 4.78 is 10.8. The molecule has 2 aliphatic rings. The van der Waals surface area contributed by atoms with Crippen molar-refractivity contribution in [1.29, 1.82) is 0 Å². The second-order valence-corrected chi connectivity index (χ2v) is 6.65. The van der Waals surface area contributed by atoms with E-state index in [2.05, 4.69) is 5.48 Å². The van der Waals surface area contributed by atoms with Crippen LogP contribution in [-0.2, 0) is 14.4 Å². The van der Waals surface area contributed by atoms with Crippen LogP contribution in [0, 0.1) is 13.8 Å². The van der Waals surface area contributed by atoms with Crippen LogP contribution in [-0.4, -0.2) is 32.1 Å².